The van der Waals surface area contributed by atoms with Crippen LogP contribution in [0.15, 0.2) is 53.7 Å². The average Bonchev–Trinajstić information content (AvgIpc) is 2.52. The fraction of sp³-hybridized carbons (Fsp3) is 0.267. The van der Waals surface area contributed by atoms with E-state index < -0.39 is 10.0 Å². The molecule has 0 atom stereocenters. The van der Waals surface area contributed by atoms with Gasteiger partial charge in [0.25, 0.3) is 0 Å². The lowest BCUT2D eigenvalue weighted by atomic mass is 10.3. The molecule has 0 unspecified atom stereocenters. The Kier molecular flexibility index (Phi) is 5.30. The van der Waals surface area contributed by atoms with E-state index in [1.54, 1.807) is 48.8 Å². The molecule has 1 heterocycles. The van der Waals surface area contributed by atoms with Crippen molar-refractivity contribution in [3.8, 4) is 0 Å². The standard InChI is InChI=1S/C15H19N3O2S/c1-2-9-17-14-3-5-15(6-4-14)21(19,20)18-12-13-7-10-16-11-8-13/h3-8,10-11,17-18H,2,9,12H2,1H3. The number of anilines is 1. The Morgan fingerprint density at radius 2 is 1.71 bits per heavy atom. The van der Waals surface area contributed by atoms with Gasteiger partial charge in [-0.15, -0.1) is 0 Å². The largest absolute Gasteiger partial charge is 0.385 e. The Morgan fingerprint density at radius 3 is 2.33 bits per heavy atom. The van der Waals surface area contributed by atoms with Gasteiger partial charge in [-0.05, 0) is 48.4 Å². The van der Waals surface area contributed by atoms with Crippen LogP contribution in [0.3, 0.4) is 0 Å². The zero-order valence-corrected chi connectivity index (χ0v) is 12.7. The van der Waals surface area contributed by atoms with E-state index in [0.29, 0.717) is 0 Å². The molecule has 0 radical (unpaired) electrons. The van der Waals surface area contributed by atoms with Gasteiger partial charge in [-0.3, -0.25) is 4.98 Å². The van der Waals surface area contributed by atoms with Crippen LogP contribution < -0.4 is 10.0 Å². The Labute approximate surface area is 125 Å². The molecule has 2 aromatic rings. The van der Waals surface area contributed by atoms with Crippen molar-refractivity contribution in [2.75, 3.05) is 11.9 Å². The molecule has 0 spiro atoms. The summed E-state index contributed by atoms with van der Waals surface area (Å²) < 4.78 is 26.9. The van der Waals surface area contributed by atoms with E-state index in [1.165, 1.54) is 0 Å². The maximum absolute atomic E-state index is 12.2. The van der Waals surface area contributed by atoms with Gasteiger partial charge in [-0.2, -0.15) is 0 Å². The summed E-state index contributed by atoms with van der Waals surface area (Å²) in [4.78, 5) is 4.16. The van der Waals surface area contributed by atoms with Crippen LogP contribution in [-0.2, 0) is 16.6 Å². The molecule has 21 heavy (non-hydrogen) atoms. The minimum Gasteiger partial charge on any atom is -0.385 e. The molecular formula is C15H19N3O2S. The molecule has 112 valence electrons. The van der Waals surface area contributed by atoms with Crippen molar-refractivity contribution < 1.29 is 8.42 Å². The predicted octanol–water partition coefficient (Wildman–Crippen LogP) is 2.38. The van der Waals surface area contributed by atoms with Gasteiger partial charge in [-0.25, -0.2) is 13.1 Å². The first-order valence-electron chi connectivity index (χ1n) is 6.84. The van der Waals surface area contributed by atoms with Crippen molar-refractivity contribution in [3.05, 3.63) is 54.4 Å². The summed E-state index contributed by atoms with van der Waals surface area (Å²) in [5, 5.41) is 3.21. The summed E-state index contributed by atoms with van der Waals surface area (Å²) in [6, 6.07) is 10.3. The third kappa shape index (κ3) is 4.54. The highest BCUT2D eigenvalue weighted by Crippen LogP contribution is 2.14. The summed E-state index contributed by atoms with van der Waals surface area (Å²) in [7, 11) is -3.49. The molecule has 0 fully saturated rings. The molecule has 2 N–H and O–H groups in total. The Hall–Kier alpha value is -1.92. The molecule has 5 nitrogen and oxygen atoms in total. The van der Waals surface area contributed by atoms with E-state index in [0.717, 1.165) is 24.2 Å². The van der Waals surface area contributed by atoms with Crippen LogP contribution in [0.4, 0.5) is 5.69 Å². The number of hydrogen-bond acceptors (Lipinski definition) is 4. The van der Waals surface area contributed by atoms with E-state index >= 15 is 0 Å². The van der Waals surface area contributed by atoms with Crippen LogP contribution in [0.2, 0.25) is 0 Å². The summed E-state index contributed by atoms with van der Waals surface area (Å²) >= 11 is 0. The van der Waals surface area contributed by atoms with E-state index in [2.05, 4.69) is 21.9 Å². The highest BCUT2D eigenvalue weighted by molar-refractivity contribution is 7.89. The quantitative estimate of drug-likeness (QED) is 0.824. The fourth-order valence-corrected chi connectivity index (χ4v) is 2.80. The number of rotatable bonds is 7. The first-order valence-corrected chi connectivity index (χ1v) is 8.32. The van der Waals surface area contributed by atoms with Gasteiger partial charge in [0.05, 0.1) is 4.90 Å². The Morgan fingerprint density at radius 1 is 1.05 bits per heavy atom. The fourth-order valence-electron chi connectivity index (χ4n) is 1.78. The average molecular weight is 305 g/mol. The third-order valence-corrected chi connectivity index (χ3v) is 4.38. The van der Waals surface area contributed by atoms with Crippen molar-refractivity contribution in [1.29, 1.82) is 0 Å². The van der Waals surface area contributed by atoms with Gasteiger partial charge in [0.1, 0.15) is 0 Å². The number of nitrogens with one attached hydrogen (secondary N) is 2. The van der Waals surface area contributed by atoms with E-state index in [1.807, 2.05) is 0 Å². The number of aromatic nitrogens is 1. The lowest BCUT2D eigenvalue weighted by molar-refractivity contribution is 0.581. The van der Waals surface area contributed by atoms with Crippen LogP contribution >= 0.6 is 0 Å². The molecular weight excluding hydrogens is 286 g/mol. The van der Waals surface area contributed by atoms with Gasteiger partial charge in [0.15, 0.2) is 0 Å². The highest BCUT2D eigenvalue weighted by atomic mass is 32.2. The molecule has 0 aliphatic heterocycles. The smallest absolute Gasteiger partial charge is 0.240 e. The van der Waals surface area contributed by atoms with E-state index in [4.69, 9.17) is 0 Å². The lowest BCUT2D eigenvalue weighted by Crippen LogP contribution is -2.23. The Bertz CT molecular complexity index is 655. The first kappa shape index (κ1) is 15.5. The number of sulfonamides is 1. The summed E-state index contributed by atoms with van der Waals surface area (Å²) in [6.45, 7) is 3.20. The van der Waals surface area contributed by atoms with Gasteiger partial charge in [-0.1, -0.05) is 6.92 Å². The van der Waals surface area contributed by atoms with Crippen molar-refractivity contribution in [3.63, 3.8) is 0 Å². The molecule has 2 rings (SSSR count). The van der Waals surface area contributed by atoms with E-state index in [-0.39, 0.29) is 11.4 Å². The molecule has 0 saturated carbocycles. The molecule has 0 saturated heterocycles. The zero-order chi connectivity index (χ0) is 15.1. The van der Waals surface area contributed by atoms with Crippen molar-refractivity contribution in [2.45, 2.75) is 24.8 Å². The summed E-state index contributed by atoms with van der Waals surface area (Å²) in [5.41, 5.74) is 1.79. The predicted molar refractivity (Wildman–Crippen MR) is 83.5 cm³/mol. The number of benzene rings is 1. The molecule has 1 aromatic heterocycles. The minimum absolute atomic E-state index is 0.251. The topological polar surface area (TPSA) is 71.1 Å². The van der Waals surface area contributed by atoms with Crippen LogP contribution in [0, 0.1) is 0 Å². The maximum atomic E-state index is 12.2. The van der Waals surface area contributed by atoms with Crippen LogP contribution in [0.25, 0.3) is 0 Å². The monoisotopic (exact) mass is 305 g/mol. The lowest BCUT2D eigenvalue weighted by Gasteiger charge is -2.08. The third-order valence-electron chi connectivity index (χ3n) is 2.96. The second kappa shape index (κ2) is 7.19. The molecule has 0 aliphatic carbocycles. The second-order valence-electron chi connectivity index (χ2n) is 4.63. The van der Waals surface area contributed by atoms with E-state index in [9.17, 15) is 8.42 Å². The van der Waals surface area contributed by atoms with Crippen LogP contribution in [-0.4, -0.2) is 19.9 Å². The number of hydrogen-bond donors (Lipinski definition) is 2. The van der Waals surface area contributed by atoms with Crippen molar-refractivity contribution >= 4 is 15.7 Å². The summed E-state index contributed by atoms with van der Waals surface area (Å²) in [5.74, 6) is 0. The van der Waals surface area contributed by atoms with Crippen LogP contribution in [0.1, 0.15) is 18.9 Å². The maximum Gasteiger partial charge on any atom is 0.240 e. The van der Waals surface area contributed by atoms with Gasteiger partial charge in [0.2, 0.25) is 10.0 Å². The molecule has 6 heteroatoms. The highest BCUT2D eigenvalue weighted by Gasteiger charge is 2.13. The van der Waals surface area contributed by atoms with Crippen molar-refractivity contribution in [1.82, 2.24) is 9.71 Å². The molecule has 0 amide bonds. The second-order valence-corrected chi connectivity index (χ2v) is 6.40. The van der Waals surface area contributed by atoms with Gasteiger partial charge >= 0.3 is 0 Å². The minimum atomic E-state index is -3.49. The van der Waals surface area contributed by atoms with Gasteiger partial charge in [0, 0.05) is 31.2 Å². The zero-order valence-electron chi connectivity index (χ0n) is 11.9. The number of pyridine rings is 1. The van der Waals surface area contributed by atoms with Gasteiger partial charge < -0.3 is 5.32 Å². The SMILES string of the molecule is CCCNc1ccc(S(=O)(=O)NCc2ccncc2)cc1. The molecule has 0 aliphatic rings. The molecule has 1 aromatic carbocycles. The molecule has 0 bridgehead atoms. The van der Waals surface area contributed by atoms with Crippen LogP contribution in [0.5, 0.6) is 0 Å². The Balaban J connectivity index is 2.02. The first-order chi connectivity index (χ1) is 10.1. The normalized spacial score (nSPS) is 11.3. The van der Waals surface area contributed by atoms with Crippen molar-refractivity contribution in [2.24, 2.45) is 0 Å². The number of nitrogens with zero attached hydrogens (tertiary/aromatic N) is 1. The summed E-state index contributed by atoms with van der Waals surface area (Å²) in [6.07, 6.45) is 4.29.